The van der Waals surface area contributed by atoms with Crippen LogP contribution in [0, 0.1) is 0 Å². The Morgan fingerprint density at radius 3 is 2.79 bits per heavy atom. The zero-order valence-corrected chi connectivity index (χ0v) is 17.8. The number of nitrogens with zero attached hydrogens (tertiary/aromatic N) is 3. The molecule has 0 amide bonds. The normalized spacial score (nSPS) is 20.2. The highest BCUT2D eigenvalue weighted by molar-refractivity contribution is 5.37. The number of aromatic nitrogens is 1. The van der Waals surface area contributed by atoms with Crippen LogP contribution in [0.1, 0.15) is 23.2 Å². The summed E-state index contributed by atoms with van der Waals surface area (Å²) in [5.74, 6) is 0.851. The standard InChI is InChI=1S/C23H33N3O3/c1-25(12-9-20-6-4-5-11-24-20)21-10-13-26(16-22(21)27)15-18-7-8-23(29-3)19(14-18)17-28-2/h4-8,11,14,21-22,27H,9-10,12-13,15-17H2,1-3H3/t21-,22-/m1/s1. The predicted octanol–water partition coefficient (Wildman–Crippen LogP) is 2.35. The number of rotatable bonds is 9. The fourth-order valence-electron chi connectivity index (χ4n) is 4.10. The predicted molar refractivity (Wildman–Crippen MR) is 114 cm³/mol. The lowest BCUT2D eigenvalue weighted by Crippen LogP contribution is -2.53. The van der Waals surface area contributed by atoms with E-state index in [0.29, 0.717) is 13.2 Å². The number of piperidine rings is 1. The maximum absolute atomic E-state index is 10.8. The van der Waals surface area contributed by atoms with Crippen LogP contribution in [-0.2, 0) is 24.3 Å². The van der Waals surface area contributed by atoms with E-state index in [-0.39, 0.29) is 12.1 Å². The van der Waals surface area contributed by atoms with Gasteiger partial charge in [-0.15, -0.1) is 0 Å². The second kappa shape index (κ2) is 10.7. The minimum absolute atomic E-state index is 0.190. The van der Waals surface area contributed by atoms with Crippen LogP contribution in [0.15, 0.2) is 42.6 Å². The second-order valence-corrected chi connectivity index (χ2v) is 7.79. The Morgan fingerprint density at radius 2 is 2.10 bits per heavy atom. The van der Waals surface area contributed by atoms with E-state index in [1.165, 1.54) is 5.56 Å². The quantitative estimate of drug-likeness (QED) is 0.699. The molecule has 6 heteroatoms. The molecule has 1 aliphatic rings. The Labute approximate surface area is 174 Å². The van der Waals surface area contributed by atoms with Gasteiger partial charge in [-0.1, -0.05) is 12.1 Å². The van der Waals surface area contributed by atoms with E-state index in [1.807, 2.05) is 24.4 Å². The first-order valence-electron chi connectivity index (χ1n) is 10.3. The number of likely N-dealkylation sites (N-methyl/N-ethyl adjacent to an activating group) is 1. The molecule has 2 aromatic rings. The van der Waals surface area contributed by atoms with Gasteiger partial charge < -0.3 is 19.5 Å². The molecule has 2 heterocycles. The third-order valence-corrected chi connectivity index (χ3v) is 5.69. The molecule has 0 unspecified atom stereocenters. The maximum atomic E-state index is 10.8. The van der Waals surface area contributed by atoms with Crippen LogP contribution >= 0.6 is 0 Å². The number of aliphatic hydroxyl groups excluding tert-OH is 1. The van der Waals surface area contributed by atoms with Gasteiger partial charge in [0.05, 0.1) is 19.8 Å². The molecule has 0 saturated carbocycles. The molecule has 1 saturated heterocycles. The van der Waals surface area contributed by atoms with E-state index in [2.05, 4.69) is 40.0 Å². The Hall–Kier alpha value is -1.99. The van der Waals surface area contributed by atoms with Crippen molar-refractivity contribution in [3.05, 3.63) is 59.4 Å². The number of aliphatic hydroxyl groups is 1. The summed E-state index contributed by atoms with van der Waals surface area (Å²) in [7, 11) is 5.48. The number of pyridine rings is 1. The van der Waals surface area contributed by atoms with Crippen LogP contribution in [0.3, 0.4) is 0 Å². The molecule has 1 aromatic heterocycles. The van der Waals surface area contributed by atoms with E-state index in [0.717, 1.165) is 49.5 Å². The molecule has 0 bridgehead atoms. The van der Waals surface area contributed by atoms with Crippen molar-refractivity contribution in [2.24, 2.45) is 0 Å². The largest absolute Gasteiger partial charge is 0.496 e. The van der Waals surface area contributed by atoms with Crippen LogP contribution in [0.5, 0.6) is 5.75 Å². The first kappa shape index (κ1) is 21.7. The van der Waals surface area contributed by atoms with Crippen molar-refractivity contribution in [1.29, 1.82) is 0 Å². The summed E-state index contributed by atoms with van der Waals surface area (Å²) in [4.78, 5) is 9.00. The van der Waals surface area contributed by atoms with Gasteiger partial charge in [0.2, 0.25) is 0 Å². The summed E-state index contributed by atoms with van der Waals surface area (Å²) in [6.07, 6.45) is 3.34. The zero-order valence-electron chi connectivity index (χ0n) is 17.8. The van der Waals surface area contributed by atoms with Gasteiger partial charge >= 0.3 is 0 Å². The summed E-state index contributed by atoms with van der Waals surface area (Å²) in [5, 5.41) is 10.8. The molecule has 1 N–H and O–H groups in total. The van der Waals surface area contributed by atoms with E-state index in [9.17, 15) is 5.11 Å². The fraction of sp³-hybridized carbons (Fsp3) is 0.522. The Bertz CT molecular complexity index is 756. The Kier molecular flexibility index (Phi) is 8.00. The van der Waals surface area contributed by atoms with Crippen molar-refractivity contribution in [2.75, 3.05) is 40.9 Å². The maximum Gasteiger partial charge on any atom is 0.124 e. The summed E-state index contributed by atoms with van der Waals surface area (Å²) in [6.45, 7) is 3.91. The highest BCUT2D eigenvalue weighted by Crippen LogP contribution is 2.23. The van der Waals surface area contributed by atoms with Crippen molar-refractivity contribution in [2.45, 2.75) is 38.1 Å². The van der Waals surface area contributed by atoms with Crippen molar-refractivity contribution in [3.8, 4) is 5.75 Å². The number of hydrogen-bond acceptors (Lipinski definition) is 6. The molecular formula is C23H33N3O3. The lowest BCUT2D eigenvalue weighted by atomic mass is 9.99. The van der Waals surface area contributed by atoms with Gasteiger partial charge in [-0.25, -0.2) is 0 Å². The number of methoxy groups -OCH3 is 2. The van der Waals surface area contributed by atoms with Gasteiger partial charge in [-0.3, -0.25) is 9.88 Å². The SMILES string of the molecule is COCc1cc(CN2CC[C@@H](N(C)CCc3ccccn3)[C@H](O)C2)ccc1OC. The Balaban J connectivity index is 1.52. The van der Waals surface area contributed by atoms with Gasteiger partial charge in [0, 0.05) is 63.2 Å². The molecule has 29 heavy (non-hydrogen) atoms. The van der Waals surface area contributed by atoms with Gasteiger partial charge in [0.15, 0.2) is 0 Å². The smallest absolute Gasteiger partial charge is 0.124 e. The van der Waals surface area contributed by atoms with Crippen molar-refractivity contribution >= 4 is 0 Å². The van der Waals surface area contributed by atoms with E-state index in [4.69, 9.17) is 9.47 Å². The lowest BCUT2D eigenvalue weighted by molar-refractivity contribution is -0.00621. The third-order valence-electron chi connectivity index (χ3n) is 5.69. The van der Waals surface area contributed by atoms with E-state index in [1.54, 1.807) is 14.2 Å². The molecule has 6 nitrogen and oxygen atoms in total. The molecule has 2 atom stereocenters. The first-order chi connectivity index (χ1) is 14.1. The zero-order chi connectivity index (χ0) is 20.6. The highest BCUT2D eigenvalue weighted by Gasteiger charge is 2.30. The molecule has 0 aliphatic carbocycles. The van der Waals surface area contributed by atoms with Crippen molar-refractivity contribution < 1.29 is 14.6 Å². The number of hydrogen-bond donors (Lipinski definition) is 1. The van der Waals surface area contributed by atoms with Gasteiger partial charge in [-0.2, -0.15) is 0 Å². The highest BCUT2D eigenvalue weighted by atomic mass is 16.5. The molecule has 0 radical (unpaired) electrons. The topological polar surface area (TPSA) is 58.1 Å². The first-order valence-corrected chi connectivity index (χ1v) is 10.3. The van der Waals surface area contributed by atoms with E-state index < -0.39 is 0 Å². The number of ether oxygens (including phenoxy) is 2. The molecular weight excluding hydrogens is 366 g/mol. The number of benzene rings is 1. The summed E-state index contributed by atoms with van der Waals surface area (Å²) in [5.41, 5.74) is 3.36. The average Bonchev–Trinajstić information content (AvgIpc) is 2.73. The van der Waals surface area contributed by atoms with Crippen LogP contribution in [0.4, 0.5) is 0 Å². The fourth-order valence-corrected chi connectivity index (χ4v) is 4.10. The third kappa shape index (κ3) is 6.00. The van der Waals surface area contributed by atoms with Crippen molar-refractivity contribution in [3.63, 3.8) is 0 Å². The van der Waals surface area contributed by atoms with Gasteiger partial charge in [0.25, 0.3) is 0 Å². The lowest BCUT2D eigenvalue weighted by Gasteiger charge is -2.40. The van der Waals surface area contributed by atoms with Gasteiger partial charge in [0.1, 0.15) is 5.75 Å². The van der Waals surface area contributed by atoms with Gasteiger partial charge in [-0.05, 0) is 43.3 Å². The summed E-state index contributed by atoms with van der Waals surface area (Å²) >= 11 is 0. The van der Waals surface area contributed by atoms with Crippen LogP contribution in [0.25, 0.3) is 0 Å². The van der Waals surface area contributed by atoms with E-state index >= 15 is 0 Å². The number of likely N-dealkylation sites (tertiary alicyclic amines) is 1. The molecule has 1 aromatic carbocycles. The van der Waals surface area contributed by atoms with Crippen LogP contribution < -0.4 is 4.74 Å². The van der Waals surface area contributed by atoms with Crippen LogP contribution in [-0.4, -0.2) is 72.9 Å². The molecule has 3 rings (SSSR count). The average molecular weight is 400 g/mol. The molecule has 1 aliphatic heterocycles. The number of β-amino-alcohol motifs (C(OH)–C–C–N with tert-alkyl or cyclic N) is 1. The second-order valence-electron chi connectivity index (χ2n) is 7.79. The summed E-state index contributed by atoms with van der Waals surface area (Å²) < 4.78 is 10.7. The Morgan fingerprint density at radius 1 is 1.24 bits per heavy atom. The minimum Gasteiger partial charge on any atom is -0.496 e. The van der Waals surface area contributed by atoms with Crippen LogP contribution in [0.2, 0.25) is 0 Å². The molecule has 0 spiro atoms. The van der Waals surface area contributed by atoms with Crippen molar-refractivity contribution in [1.82, 2.24) is 14.8 Å². The summed E-state index contributed by atoms with van der Waals surface area (Å²) in [6, 6.07) is 12.4. The molecule has 158 valence electrons. The minimum atomic E-state index is -0.353. The molecule has 1 fully saturated rings. The monoisotopic (exact) mass is 399 g/mol.